The molecule has 8 nitrogen and oxygen atoms in total. The highest BCUT2D eigenvalue weighted by molar-refractivity contribution is 14.0. The number of guanidine groups is 1. The van der Waals surface area contributed by atoms with Gasteiger partial charge < -0.3 is 25.6 Å². The number of carbonyl (C=O) groups excluding carboxylic acids is 2. The number of hydrogen-bond donors (Lipinski definition) is 3. The van der Waals surface area contributed by atoms with E-state index in [2.05, 4.69) is 27.9 Å². The Morgan fingerprint density at radius 2 is 1.60 bits per heavy atom. The molecular weight excluding hydrogens is 437 g/mol. The molecule has 2 amide bonds. The highest BCUT2D eigenvalue weighted by atomic mass is 127. The Morgan fingerprint density at radius 3 is 2.12 bits per heavy atom. The first-order chi connectivity index (χ1) is 11.2. The SMILES string of the molecule is CCCNC(=NCC(=O)N(C)C)NCCCNC(=O)OC(C)(C)C.I. The van der Waals surface area contributed by atoms with Gasteiger partial charge in [-0.2, -0.15) is 0 Å². The lowest BCUT2D eigenvalue weighted by atomic mass is 10.2. The third-order valence-electron chi connectivity index (χ3n) is 2.73. The Balaban J connectivity index is 0. The first-order valence-corrected chi connectivity index (χ1v) is 8.35. The van der Waals surface area contributed by atoms with Crippen LogP contribution < -0.4 is 16.0 Å². The Bertz CT molecular complexity index is 422. The molecule has 0 aliphatic rings. The number of ether oxygens (including phenoxy) is 1. The van der Waals surface area contributed by atoms with Crippen LogP contribution in [0.4, 0.5) is 4.79 Å². The second kappa shape index (κ2) is 14.0. The summed E-state index contributed by atoms with van der Waals surface area (Å²) in [6.45, 7) is 9.53. The van der Waals surface area contributed by atoms with Crippen LogP contribution >= 0.6 is 24.0 Å². The average molecular weight is 471 g/mol. The van der Waals surface area contributed by atoms with Crippen LogP contribution in [0.25, 0.3) is 0 Å². The molecule has 0 rings (SSSR count). The Morgan fingerprint density at radius 1 is 1.04 bits per heavy atom. The molecule has 0 atom stereocenters. The predicted octanol–water partition coefficient (Wildman–Crippen LogP) is 1.55. The number of alkyl carbamates (subject to hydrolysis) is 1. The summed E-state index contributed by atoms with van der Waals surface area (Å²) in [5.74, 6) is 0.545. The molecule has 0 fully saturated rings. The molecule has 0 aliphatic heterocycles. The summed E-state index contributed by atoms with van der Waals surface area (Å²) in [6.07, 6.45) is 1.26. The Hall–Kier alpha value is -1.26. The van der Waals surface area contributed by atoms with Gasteiger partial charge in [-0.3, -0.25) is 4.79 Å². The maximum atomic E-state index is 11.6. The van der Waals surface area contributed by atoms with Crippen LogP contribution in [0.3, 0.4) is 0 Å². The summed E-state index contributed by atoms with van der Waals surface area (Å²) in [4.78, 5) is 28.9. The summed E-state index contributed by atoms with van der Waals surface area (Å²) >= 11 is 0. The van der Waals surface area contributed by atoms with Crippen molar-refractivity contribution in [3.8, 4) is 0 Å². The Labute approximate surface area is 168 Å². The second-order valence-electron chi connectivity index (χ2n) is 6.59. The first kappa shape index (κ1) is 26.0. The normalized spacial score (nSPS) is 11.2. The van der Waals surface area contributed by atoms with Crippen LogP contribution in [0.15, 0.2) is 4.99 Å². The van der Waals surface area contributed by atoms with Gasteiger partial charge in [-0.25, -0.2) is 9.79 Å². The van der Waals surface area contributed by atoms with Gasteiger partial charge in [0.05, 0.1) is 0 Å². The molecule has 0 spiro atoms. The van der Waals surface area contributed by atoms with Crippen LogP contribution in [-0.2, 0) is 9.53 Å². The minimum atomic E-state index is -0.495. The lowest BCUT2D eigenvalue weighted by Crippen LogP contribution is -2.40. The van der Waals surface area contributed by atoms with Crippen molar-refractivity contribution in [2.24, 2.45) is 4.99 Å². The van der Waals surface area contributed by atoms with Gasteiger partial charge in [-0.15, -0.1) is 24.0 Å². The zero-order valence-electron chi connectivity index (χ0n) is 16.3. The zero-order chi connectivity index (χ0) is 18.6. The van der Waals surface area contributed by atoms with Crippen LogP contribution in [0.1, 0.15) is 40.5 Å². The number of aliphatic imine (C=N–C) groups is 1. The van der Waals surface area contributed by atoms with Gasteiger partial charge in [0, 0.05) is 33.7 Å². The summed E-state index contributed by atoms with van der Waals surface area (Å²) in [7, 11) is 3.40. The fraction of sp³-hybridized carbons (Fsp3) is 0.812. The number of nitrogens with one attached hydrogen (secondary N) is 3. The number of rotatable bonds is 8. The molecule has 0 unspecified atom stereocenters. The fourth-order valence-electron chi connectivity index (χ4n) is 1.51. The molecule has 0 saturated carbocycles. The summed E-state index contributed by atoms with van der Waals surface area (Å²) in [5.41, 5.74) is -0.495. The van der Waals surface area contributed by atoms with E-state index in [0.717, 1.165) is 13.0 Å². The number of nitrogens with zero attached hydrogens (tertiary/aromatic N) is 2. The number of amides is 2. The molecule has 3 N–H and O–H groups in total. The van der Waals surface area contributed by atoms with Crippen molar-refractivity contribution in [3.63, 3.8) is 0 Å². The molecule has 148 valence electrons. The third-order valence-corrected chi connectivity index (χ3v) is 2.73. The smallest absolute Gasteiger partial charge is 0.407 e. The third kappa shape index (κ3) is 16.0. The van der Waals surface area contributed by atoms with Gasteiger partial charge in [0.2, 0.25) is 5.91 Å². The second-order valence-corrected chi connectivity index (χ2v) is 6.59. The first-order valence-electron chi connectivity index (χ1n) is 8.35. The summed E-state index contributed by atoms with van der Waals surface area (Å²) in [5, 5.41) is 9.00. The van der Waals surface area contributed by atoms with E-state index in [1.807, 2.05) is 20.8 Å². The van der Waals surface area contributed by atoms with Gasteiger partial charge in [-0.05, 0) is 33.6 Å². The van der Waals surface area contributed by atoms with Crippen molar-refractivity contribution in [1.82, 2.24) is 20.9 Å². The highest BCUT2D eigenvalue weighted by Gasteiger charge is 2.15. The Kier molecular flexibility index (Phi) is 14.5. The van der Waals surface area contributed by atoms with E-state index in [9.17, 15) is 9.59 Å². The van der Waals surface area contributed by atoms with Gasteiger partial charge in [0.25, 0.3) is 0 Å². The minimum Gasteiger partial charge on any atom is -0.444 e. The van der Waals surface area contributed by atoms with E-state index in [1.54, 1.807) is 14.1 Å². The molecule has 0 aliphatic carbocycles. The van der Waals surface area contributed by atoms with Gasteiger partial charge >= 0.3 is 6.09 Å². The van der Waals surface area contributed by atoms with E-state index in [1.165, 1.54) is 4.90 Å². The summed E-state index contributed by atoms with van der Waals surface area (Å²) < 4.78 is 5.16. The number of carbonyl (C=O) groups is 2. The number of likely N-dealkylation sites (N-methyl/N-ethyl adjacent to an activating group) is 1. The van der Waals surface area contributed by atoms with E-state index in [4.69, 9.17) is 4.74 Å². The maximum absolute atomic E-state index is 11.6. The van der Waals surface area contributed by atoms with E-state index < -0.39 is 11.7 Å². The molecule has 9 heteroatoms. The quantitative estimate of drug-likeness (QED) is 0.216. The minimum absolute atomic E-state index is 0. The maximum Gasteiger partial charge on any atom is 0.407 e. The van der Waals surface area contributed by atoms with Crippen LogP contribution in [0, 0.1) is 0 Å². The molecule has 0 aromatic heterocycles. The lowest BCUT2D eigenvalue weighted by molar-refractivity contribution is -0.127. The van der Waals surface area contributed by atoms with Crippen molar-refractivity contribution < 1.29 is 14.3 Å². The van der Waals surface area contributed by atoms with Crippen LogP contribution in [-0.4, -0.2) is 68.7 Å². The largest absolute Gasteiger partial charge is 0.444 e. The standard InChI is InChI=1S/C16H33N5O3.HI/c1-7-9-17-14(20-12-13(22)21(5)6)18-10-8-11-19-15(23)24-16(2,3)4;/h7-12H2,1-6H3,(H,19,23)(H2,17,18,20);1H. The monoisotopic (exact) mass is 471 g/mol. The highest BCUT2D eigenvalue weighted by Crippen LogP contribution is 2.06. The molecular formula is C16H34IN5O3. The van der Waals surface area contributed by atoms with E-state index in [0.29, 0.717) is 25.5 Å². The molecule has 0 radical (unpaired) electrons. The number of halogens is 1. The van der Waals surface area contributed by atoms with Crippen molar-refractivity contribution in [3.05, 3.63) is 0 Å². The molecule has 0 aromatic rings. The number of hydrogen-bond acceptors (Lipinski definition) is 4. The van der Waals surface area contributed by atoms with Crippen LogP contribution in [0.5, 0.6) is 0 Å². The predicted molar refractivity (Wildman–Crippen MR) is 112 cm³/mol. The van der Waals surface area contributed by atoms with Crippen molar-refractivity contribution in [2.75, 3.05) is 40.3 Å². The van der Waals surface area contributed by atoms with Gasteiger partial charge in [0.15, 0.2) is 5.96 Å². The summed E-state index contributed by atoms with van der Waals surface area (Å²) in [6, 6.07) is 0. The molecule has 0 heterocycles. The molecule has 0 saturated heterocycles. The van der Waals surface area contributed by atoms with E-state index >= 15 is 0 Å². The van der Waals surface area contributed by atoms with Crippen LogP contribution in [0.2, 0.25) is 0 Å². The topological polar surface area (TPSA) is 95.1 Å². The van der Waals surface area contributed by atoms with Gasteiger partial charge in [-0.1, -0.05) is 6.92 Å². The average Bonchev–Trinajstić information content (AvgIpc) is 2.46. The van der Waals surface area contributed by atoms with Crippen molar-refractivity contribution in [2.45, 2.75) is 46.1 Å². The van der Waals surface area contributed by atoms with Gasteiger partial charge in [0.1, 0.15) is 12.1 Å². The van der Waals surface area contributed by atoms with E-state index in [-0.39, 0.29) is 36.4 Å². The zero-order valence-corrected chi connectivity index (χ0v) is 18.6. The lowest BCUT2D eigenvalue weighted by Gasteiger charge is -2.19. The van der Waals surface area contributed by atoms with Crippen molar-refractivity contribution in [1.29, 1.82) is 0 Å². The molecule has 25 heavy (non-hydrogen) atoms. The molecule has 0 aromatic carbocycles. The van der Waals surface area contributed by atoms with Crippen molar-refractivity contribution >= 4 is 41.9 Å². The molecule has 0 bridgehead atoms. The fourth-order valence-corrected chi connectivity index (χ4v) is 1.51.